The Morgan fingerprint density at radius 1 is 1.12 bits per heavy atom. The molecule has 136 valence electrons. The van der Waals surface area contributed by atoms with Crippen molar-refractivity contribution in [3.05, 3.63) is 35.9 Å². The van der Waals surface area contributed by atoms with Crippen LogP contribution >= 0.6 is 0 Å². The van der Waals surface area contributed by atoms with E-state index in [4.69, 9.17) is 9.47 Å². The molecule has 1 amide bonds. The summed E-state index contributed by atoms with van der Waals surface area (Å²) in [7, 11) is 0. The van der Waals surface area contributed by atoms with E-state index in [0.29, 0.717) is 6.42 Å². The molecule has 6 unspecified atom stereocenters. The van der Waals surface area contributed by atoms with E-state index in [1.807, 2.05) is 30.3 Å². The molecule has 3 N–H and O–H groups in total. The summed E-state index contributed by atoms with van der Waals surface area (Å²) in [4.78, 5) is 24.4. The molecular formula is C18H23NO6. The summed E-state index contributed by atoms with van der Waals surface area (Å²) >= 11 is 0. The van der Waals surface area contributed by atoms with Crippen LogP contribution in [0.15, 0.2) is 30.3 Å². The highest BCUT2D eigenvalue weighted by atomic mass is 16.5. The first-order chi connectivity index (χ1) is 12.0. The fourth-order valence-corrected chi connectivity index (χ4v) is 4.01. The Morgan fingerprint density at radius 2 is 1.80 bits per heavy atom. The van der Waals surface area contributed by atoms with E-state index in [2.05, 4.69) is 5.32 Å². The Balaban J connectivity index is 1.64. The molecule has 7 heteroatoms. The van der Waals surface area contributed by atoms with Gasteiger partial charge in [0, 0.05) is 11.8 Å². The molecule has 2 saturated carbocycles. The molecule has 25 heavy (non-hydrogen) atoms. The molecule has 0 radical (unpaired) electrons. The van der Waals surface area contributed by atoms with E-state index in [1.165, 1.54) is 0 Å². The maximum atomic E-state index is 12.3. The van der Waals surface area contributed by atoms with Crippen LogP contribution in [0.25, 0.3) is 0 Å². The standard InChI is InChI=1S/C18H23NO6/c1-2-24-17(22)13-11-8-12(16(21)15(11)20)14(13)19-18(23)25-9-10-6-4-3-5-7-10/h3-7,11-16,20-21H,2,8-9H2,1H3,(H,19,23). The van der Waals surface area contributed by atoms with Gasteiger partial charge in [-0.15, -0.1) is 0 Å². The van der Waals surface area contributed by atoms with Crippen LogP contribution in [0.5, 0.6) is 0 Å². The Bertz CT molecular complexity index is 621. The molecule has 0 aliphatic heterocycles. The molecule has 0 heterocycles. The molecule has 2 aliphatic carbocycles. The minimum atomic E-state index is -0.974. The van der Waals surface area contributed by atoms with Gasteiger partial charge in [0.1, 0.15) is 6.61 Å². The summed E-state index contributed by atoms with van der Waals surface area (Å²) in [5.41, 5.74) is 0.850. The predicted molar refractivity (Wildman–Crippen MR) is 87.3 cm³/mol. The molecule has 2 fully saturated rings. The van der Waals surface area contributed by atoms with Gasteiger partial charge in [-0.25, -0.2) is 4.79 Å². The molecule has 1 aromatic carbocycles. The van der Waals surface area contributed by atoms with Crippen LogP contribution in [0, 0.1) is 17.8 Å². The number of alkyl carbamates (subject to hydrolysis) is 1. The lowest BCUT2D eigenvalue weighted by Crippen LogP contribution is -2.55. The van der Waals surface area contributed by atoms with Crippen molar-refractivity contribution in [3.8, 4) is 0 Å². The van der Waals surface area contributed by atoms with Gasteiger partial charge in [-0.2, -0.15) is 0 Å². The number of rotatable bonds is 5. The molecule has 6 atom stereocenters. The van der Waals surface area contributed by atoms with E-state index in [1.54, 1.807) is 6.92 Å². The van der Waals surface area contributed by atoms with Crippen molar-refractivity contribution in [1.82, 2.24) is 5.32 Å². The second-order valence-electron chi connectivity index (χ2n) is 6.55. The smallest absolute Gasteiger partial charge is 0.407 e. The van der Waals surface area contributed by atoms with Crippen molar-refractivity contribution in [2.75, 3.05) is 6.61 Å². The number of hydrogen-bond donors (Lipinski definition) is 3. The second kappa shape index (κ2) is 7.41. The van der Waals surface area contributed by atoms with Gasteiger partial charge in [0.25, 0.3) is 0 Å². The largest absolute Gasteiger partial charge is 0.466 e. The zero-order valence-corrected chi connectivity index (χ0v) is 14.0. The molecule has 0 saturated heterocycles. The summed E-state index contributed by atoms with van der Waals surface area (Å²) in [6.45, 7) is 2.03. The van der Waals surface area contributed by atoms with Crippen LogP contribution in [0.3, 0.4) is 0 Å². The number of aliphatic hydroxyl groups excluding tert-OH is 2. The van der Waals surface area contributed by atoms with E-state index in [9.17, 15) is 19.8 Å². The highest BCUT2D eigenvalue weighted by Gasteiger charge is 2.60. The number of esters is 1. The Labute approximate surface area is 145 Å². The van der Waals surface area contributed by atoms with Crippen molar-refractivity contribution in [2.24, 2.45) is 17.8 Å². The number of hydrogen-bond acceptors (Lipinski definition) is 6. The lowest BCUT2D eigenvalue weighted by Gasteiger charge is -2.35. The maximum Gasteiger partial charge on any atom is 0.407 e. The highest BCUT2D eigenvalue weighted by molar-refractivity contribution is 5.77. The van der Waals surface area contributed by atoms with Gasteiger partial charge in [0.05, 0.1) is 30.8 Å². The third kappa shape index (κ3) is 3.48. The molecule has 7 nitrogen and oxygen atoms in total. The summed E-state index contributed by atoms with van der Waals surface area (Å²) in [6.07, 6.45) is -2.12. The fraction of sp³-hybridized carbons (Fsp3) is 0.556. The number of ether oxygens (including phenoxy) is 2. The van der Waals surface area contributed by atoms with Gasteiger partial charge in [-0.05, 0) is 18.9 Å². The van der Waals surface area contributed by atoms with Crippen LogP contribution in [-0.2, 0) is 20.9 Å². The Morgan fingerprint density at radius 3 is 2.48 bits per heavy atom. The summed E-state index contributed by atoms with van der Waals surface area (Å²) in [5, 5.41) is 22.9. The van der Waals surface area contributed by atoms with Gasteiger partial charge in [-0.3, -0.25) is 4.79 Å². The molecule has 3 rings (SSSR count). The summed E-state index contributed by atoms with van der Waals surface area (Å²) < 4.78 is 10.3. The maximum absolute atomic E-state index is 12.3. The molecule has 2 aliphatic rings. The minimum absolute atomic E-state index is 0.114. The molecular weight excluding hydrogens is 326 g/mol. The number of nitrogens with one attached hydrogen (secondary N) is 1. The van der Waals surface area contributed by atoms with Crippen molar-refractivity contribution in [3.63, 3.8) is 0 Å². The third-order valence-corrected chi connectivity index (χ3v) is 5.14. The summed E-state index contributed by atoms with van der Waals surface area (Å²) in [5.74, 6) is -1.95. The van der Waals surface area contributed by atoms with Gasteiger partial charge < -0.3 is 25.0 Å². The first-order valence-electron chi connectivity index (χ1n) is 8.53. The normalized spacial score (nSPS) is 33.1. The third-order valence-electron chi connectivity index (χ3n) is 5.14. The number of benzene rings is 1. The predicted octanol–water partition coefficient (Wildman–Crippen LogP) is 0.832. The van der Waals surface area contributed by atoms with E-state index in [0.717, 1.165) is 5.56 Å². The molecule has 0 spiro atoms. The zero-order chi connectivity index (χ0) is 18.0. The topological polar surface area (TPSA) is 105 Å². The van der Waals surface area contributed by atoms with E-state index < -0.39 is 48.1 Å². The van der Waals surface area contributed by atoms with Gasteiger partial charge in [0.15, 0.2) is 0 Å². The van der Waals surface area contributed by atoms with Crippen molar-refractivity contribution >= 4 is 12.1 Å². The first kappa shape index (κ1) is 17.7. The number of amides is 1. The molecule has 1 aromatic rings. The first-order valence-corrected chi connectivity index (χ1v) is 8.53. The average molecular weight is 349 g/mol. The van der Waals surface area contributed by atoms with Crippen LogP contribution in [-0.4, -0.2) is 47.1 Å². The average Bonchev–Trinajstić information content (AvgIpc) is 3.11. The van der Waals surface area contributed by atoms with Crippen LogP contribution < -0.4 is 5.32 Å². The fourth-order valence-electron chi connectivity index (χ4n) is 4.01. The monoisotopic (exact) mass is 349 g/mol. The lowest BCUT2D eigenvalue weighted by molar-refractivity contribution is -0.155. The lowest BCUT2D eigenvalue weighted by atomic mass is 9.81. The Kier molecular flexibility index (Phi) is 5.24. The van der Waals surface area contributed by atoms with Gasteiger partial charge in [-0.1, -0.05) is 30.3 Å². The van der Waals surface area contributed by atoms with Crippen LogP contribution in [0.2, 0.25) is 0 Å². The van der Waals surface area contributed by atoms with Gasteiger partial charge >= 0.3 is 12.1 Å². The highest BCUT2D eigenvalue weighted by Crippen LogP contribution is 2.49. The number of fused-ring (bicyclic) bond motifs is 2. The van der Waals surface area contributed by atoms with Crippen molar-refractivity contribution in [2.45, 2.75) is 38.2 Å². The Hall–Kier alpha value is -2.12. The molecule has 2 bridgehead atoms. The number of carbonyl (C=O) groups is 2. The summed E-state index contributed by atoms with van der Waals surface area (Å²) in [6, 6.07) is 8.64. The van der Waals surface area contributed by atoms with E-state index in [-0.39, 0.29) is 13.2 Å². The van der Waals surface area contributed by atoms with Crippen molar-refractivity contribution < 1.29 is 29.3 Å². The SMILES string of the molecule is CCOC(=O)C1C2CC(C(O)C2O)C1NC(=O)OCc1ccccc1. The number of aliphatic hydroxyl groups is 2. The second-order valence-corrected chi connectivity index (χ2v) is 6.55. The zero-order valence-electron chi connectivity index (χ0n) is 14.0. The van der Waals surface area contributed by atoms with Crippen LogP contribution in [0.1, 0.15) is 18.9 Å². The van der Waals surface area contributed by atoms with Crippen LogP contribution in [0.4, 0.5) is 4.79 Å². The van der Waals surface area contributed by atoms with E-state index >= 15 is 0 Å². The quantitative estimate of drug-likeness (QED) is 0.680. The molecule has 0 aromatic heterocycles. The van der Waals surface area contributed by atoms with Crippen molar-refractivity contribution in [1.29, 1.82) is 0 Å². The van der Waals surface area contributed by atoms with Gasteiger partial charge in [0.2, 0.25) is 0 Å². The number of carbonyl (C=O) groups excluding carboxylic acids is 2. The minimum Gasteiger partial charge on any atom is -0.466 e.